The summed E-state index contributed by atoms with van der Waals surface area (Å²) in [5.41, 5.74) is 11.5. The molecule has 2 N–H and O–H groups in total. The van der Waals surface area contributed by atoms with Crippen LogP contribution in [0.1, 0.15) is 27.7 Å². The lowest BCUT2D eigenvalue weighted by molar-refractivity contribution is 0.00578. The highest BCUT2D eigenvalue weighted by Gasteiger charge is 2.51. The predicted molar refractivity (Wildman–Crippen MR) is 125 cm³/mol. The minimum Gasteiger partial charge on any atom is -0.436 e. The third-order valence-electron chi connectivity index (χ3n) is 6.33. The number of nitrogen functional groups attached to an aromatic ring is 1. The van der Waals surface area contributed by atoms with Gasteiger partial charge in [-0.3, -0.25) is 0 Å². The molecule has 0 unspecified atom stereocenters. The van der Waals surface area contributed by atoms with Crippen molar-refractivity contribution in [3.8, 4) is 22.6 Å². The van der Waals surface area contributed by atoms with E-state index in [1.807, 2.05) is 94.4 Å². The molecule has 0 aliphatic carbocycles. The first kappa shape index (κ1) is 19.9. The van der Waals surface area contributed by atoms with Crippen molar-refractivity contribution in [3.05, 3.63) is 66.7 Å². The molecule has 5 rings (SSSR count). The number of anilines is 1. The molecule has 156 valence electrons. The molecule has 3 aromatic carbocycles. The van der Waals surface area contributed by atoms with Gasteiger partial charge in [-0.2, -0.15) is 0 Å². The maximum absolute atomic E-state index is 6.50. The summed E-state index contributed by atoms with van der Waals surface area (Å²) >= 11 is 0. The van der Waals surface area contributed by atoms with Crippen LogP contribution in [0.5, 0.6) is 0 Å². The van der Waals surface area contributed by atoms with Gasteiger partial charge in [0.25, 0.3) is 0 Å². The third-order valence-corrected chi connectivity index (χ3v) is 6.33. The molecule has 1 fully saturated rings. The molecule has 1 aliphatic heterocycles. The Kier molecular flexibility index (Phi) is 4.47. The SMILES string of the molecule is CC1(C)OB(c2ccc(-c3cccc4oc(-c5ccccc5)nc34)c(N)c2)OC1(C)C. The summed E-state index contributed by atoms with van der Waals surface area (Å²) in [6.45, 7) is 8.17. The number of nitrogens with two attached hydrogens (primary N) is 1. The number of fused-ring (bicyclic) bond motifs is 1. The topological polar surface area (TPSA) is 70.5 Å². The van der Waals surface area contributed by atoms with Gasteiger partial charge in [0.05, 0.1) is 11.2 Å². The third kappa shape index (κ3) is 3.32. The van der Waals surface area contributed by atoms with Crippen LogP contribution < -0.4 is 11.2 Å². The van der Waals surface area contributed by atoms with Gasteiger partial charge in [0, 0.05) is 22.4 Å². The average molecular weight is 412 g/mol. The van der Waals surface area contributed by atoms with Gasteiger partial charge in [-0.25, -0.2) is 4.98 Å². The quantitative estimate of drug-likeness (QED) is 0.377. The summed E-state index contributed by atoms with van der Waals surface area (Å²) < 4.78 is 18.4. The van der Waals surface area contributed by atoms with E-state index in [0.717, 1.165) is 33.3 Å². The highest BCUT2D eigenvalue weighted by atomic mass is 16.7. The van der Waals surface area contributed by atoms with Gasteiger partial charge in [-0.05, 0) is 57.4 Å². The summed E-state index contributed by atoms with van der Waals surface area (Å²) in [6.07, 6.45) is 0. The Labute approximate surface area is 182 Å². The van der Waals surface area contributed by atoms with Crippen LogP contribution in [0.4, 0.5) is 5.69 Å². The first-order valence-corrected chi connectivity index (χ1v) is 10.5. The number of rotatable bonds is 3. The summed E-state index contributed by atoms with van der Waals surface area (Å²) in [6, 6.07) is 21.7. The molecule has 0 atom stereocenters. The van der Waals surface area contributed by atoms with E-state index in [1.54, 1.807) is 0 Å². The molecule has 1 saturated heterocycles. The monoisotopic (exact) mass is 412 g/mol. The van der Waals surface area contributed by atoms with Crippen LogP contribution in [0.2, 0.25) is 0 Å². The number of aromatic nitrogens is 1. The molecular weight excluding hydrogens is 387 g/mol. The van der Waals surface area contributed by atoms with Gasteiger partial charge in [-0.15, -0.1) is 0 Å². The highest BCUT2D eigenvalue weighted by Crippen LogP contribution is 2.38. The van der Waals surface area contributed by atoms with E-state index in [2.05, 4.69) is 0 Å². The van der Waals surface area contributed by atoms with Crippen LogP contribution in [0.15, 0.2) is 71.1 Å². The van der Waals surface area contributed by atoms with E-state index in [9.17, 15) is 0 Å². The molecule has 5 nitrogen and oxygen atoms in total. The van der Waals surface area contributed by atoms with Crippen molar-refractivity contribution in [1.82, 2.24) is 4.98 Å². The number of hydrogen-bond acceptors (Lipinski definition) is 5. The van der Waals surface area contributed by atoms with Crippen molar-refractivity contribution in [3.63, 3.8) is 0 Å². The zero-order valence-electron chi connectivity index (χ0n) is 18.2. The number of oxazole rings is 1. The molecule has 0 radical (unpaired) electrons. The second-order valence-corrected chi connectivity index (χ2v) is 8.97. The van der Waals surface area contributed by atoms with Crippen LogP contribution in [-0.4, -0.2) is 23.3 Å². The van der Waals surface area contributed by atoms with Gasteiger partial charge < -0.3 is 19.5 Å². The summed E-state index contributed by atoms with van der Waals surface area (Å²) in [7, 11) is -0.450. The lowest BCUT2D eigenvalue weighted by Gasteiger charge is -2.32. The summed E-state index contributed by atoms with van der Waals surface area (Å²) in [5, 5.41) is 0. The first-order valence-electron chi connectivity index (χ1n) is 10.5. The number of hydrogen-bond donors (Lipinski definition) is 1. The molecular formula is C25H25BN2O3. The molecule has 2 heterocycles. The van der Waals surface area contributed by atoms with E-state index < -0.39 is 18.3 Å². The fraction of sp³-hybridized carbons (Fsp3) is 0.240. The smallest absolute Gasteiger partial charge is 0.436 e. The van der Waals surface area contributed by atoms with Crippen molar-refractivity contribution in [2.45, 2.75) is 38.9 Å². The van der Waals surface area contributed by atoms with Crippen LogP contribution in [0, 0.1) is 0 Å². The fourth-order valence-corrected chi connectivity index (χ4v) is 3.82. The van der Waals surface area contributed by atoms with E-state index in [1.165, 1.54) is 0 Å². The lowest BCUT2D eigenvalue weighted by atomic mass is 9.78. The first-order chi connectivity index (χ1) is 14.7. The summed E-state index contributed by atoms with van der Waals surface area (Å²) in [5.74, 6) is 0.593. The van der Waals surface area contributed by atoms with Crippen molar-refractivity contribution in [1.29, 1.82) is 0 Å². The fourth-order valence-electron chi connectivity index (χ4n) is 3.82. The molecule has 1 aliphatic rings. The van der Waals surface area contributed by atoms with Crippen LogP contribution in [-0.2, 0) is 9.31 Å². The van der Waals surface area contributed by atoms with Gasteiger partial charge in [0.2, 0.25) is 5.89 Å². The Hall–Kier alpha value is -3.09. The average Bonchev–Trinajstić information content (AvgIpc) is 3.26. The minimum absolute atomic E-state index is 0.398. The molecule has 31 heavy (non-hydrogen) atoms. The number of para-hydroxylation sites is 1. The van der Waals surface area contributed by atoms with E-state index in [0.29, 0.717) is 11.6 Å². The normalized spacial score (nSPS) is 17.4. The second-order valence-electron chi connectivity index (χ2n) is 8.97. The standard InChI is InChI=1S/C25H25BN2O3/c1-24(2)25(3,4)31-26(30-24)17-13-14-18(20(27)15-17)19-11-8-12-21-22(19)28-23(29-21)16-9-6-5-7-10-16/h5-15H,27H2,1-4H3. The molecule has 4 aromatic rings. The molecule has 1 aromatic heterocycles. The maximum atomic E-state index is 6.50. The largest absolute Gasteiger partial charge is 0.494 e. The molecule has 0 bridgehead atoms. The van der Waals surface area contributed by atoms with Crippen molar-refractivity contribution in [2.75, 3.05) is 5.73 Å². The van der Waals surface area contributed by atoms with E-state index >= 15 is 0 Å². The molecule has 0 saturated carbocycles. The Morgan fingerprint density at radius 1 is 0.806 bits per heavy atom. The number of nitrogens with zero attached hydrogens (tertiary/aromatic N) is 1. The molecule has 6 heteroatoms. The summed E-state index contributed by atoms with van der Waals surface area (Å²) in [4.78, 5) is 4.77. The van der Waals surface area contributed by atoms with Crippen LogP contribution in [0.3, 0.4) is 0 Å². The zero-order chi connectivity index (χ0) is 21.8. The van der Waals surface area contributed by atoms with Crippen molar-refractivity contribution >= 4 is 29.4 Å². The maximum Gasteiger partial charge on any atom is 0.494 e. The molecule has 0 amide bonds. The Bertz CT molecular complexity index is 1250. The second kappa shape index (κ2) is 6.97. The van der Waals surface area contributed by atoms with Gasteiger partial charge >= 0.3 is 7.12 Å². The van der Waals surface area contributed by atoms with Gasteiger partial charge in [-0.1, -0.05) is 42.5 Å². The Balaban J connectivity index is 1.53. The Morgan fingerprint density at radius 2 is 1.52 bits per heavy atom. The zero-order valence-corrected chi connectivity index (χ0v) is 18.2. The van der Waals surface area contributed by atoms with E-state index in [4.69, 9.17) is 24.4 Å². The van der Waals surface area contributed by atoms with Crippen LogP contribution >= 0.6 is 0 Å². The minimum atomic E-state index is -0.450. The molecule has 0 spiro atoms. The van der Waals surface area contributed by atoms with Gasteiger partial charge in [0.15, 0.2) is 5.58 Å². The van der Waals surface area contributed by atoms with E-state index in [-0.39, 0.29) is 0 Å². The van der Waals surface area contributed by atoms with Crippen molar-refractivity contribution in [2.24, 2.45) is 0 Å². The van der Waals surface area contributed by atoms with Crippen LogP contribution in [0.25, 0.3) is 33.7 Å². The predicted octanol–water partition coefficient (Wildman–Crippen LogP) is 5.04. The number of benzene rings is 3. The van der Waals surface area contributed by atoms with Gasteiger partial charge in [0.1, 0.15) is 5.52 Å². The lowest BCUT2D eigenvalue weighted by Crippen LogP contribution is -2.41. The van der Waals surface area contributed by atoms with Crippen molar-refractivity contribution < 1.29 is 13.7 Å². The highest BCUT2D eigenvalue weighted by molar-refractivity contribution is 6.62. The Morgan fingerprint density at radius 3 is 2.19 bits per heavy atom.